The third kappa shape index (κ3) is 17.4. The average Bonchev–Trinajstić information content (AvgIpc) is 2.33. The number of halogens is 1. The highest BCUT2D eigenvalue weighted by Crippen LogP contribution is 2.10. The molecular formula is C15H32IN3O2. The number of rotatable bonds is 9. The molecule has 5 nitrogen and oxygen atoms in total. The molecule has 0 amide bonds. The monoisotopic (exact) mass is 413 g/mol. The van der Waals surface area contributed by atoms with Crippen LogP contribution < -0.4 is 11.1 Å². The minimum atomic E-state index is -0.379. The van der Waals surface area contributed by atoms with E-state index >= 15 is 0 Å². The van der Waals surface area contributed by atoms with E-state index in [4.69, 9.17) is 10.5 Å². The van der Waals surface area contributed by atoms with E-state index in [1.54, 1.807) is 0 Å². The van der Waals surface area contributed by atoms with Crippen molar-refractivity contribution in [1.29, 1.82) is 0 Å². The van der Waals surface area contributed by atoms with E-state index in [9.17, 15) is 4.79 Å². The number of carbonyl (C=O) groups is 1. The second-order valence-corrected chi connectivity index (χ2v) is 5.94. The molecule has 0 fully saturated rings. The summed E-state index contributed by atoms with van der Waals surface area (Å²) in [5.41, 5.74) is 5.30. The molecule has 0 heterocycles. The number of esters is 1. The molecule has 0 spiro atoms. The highest BCUT2D eigenvalue weighted by atomic mass is 127. The van der Waals surface area contributed by atoms with E-state index in [0.717, 1.165) is 45.2 Å². The van der Waals surface area contributed by atoms with Gasteiger partial charge in [-0.15, -0.1) is 24.0 Å². The van der Waals surface area contributed by atoms with Gasteiger partial charge in [-0.05, 0) is 40.0 Å². The molecular weight excluding hydrogens is 381 g/mol. The summed E-state index contributed by atoms with van der Waals surface area (Å²) in [7, 11) is 0. The molecule has 3 N–H and O–H groups in total. The van der Waals surface area contributed by atoms with Gasteiger partial charge in [-0.1, -0.05) is 19.8 Å². The van der Waals surface area contributed by atoms with Gasteiger partial charge in [0.1, 0.15) is 5.60 Å². The highest BCUT2D eigenvalue weighted by molar-refractivity contribution is 14.0. The van der Waals surface area contributed by atoms with Gasteiger partial charge in [0, 0.05) is 19.5 Å². The van der Waals surface area contributed by atoms with Crippen molar-refractivity contribution in [2.75, 3.05) is 13.1 Å². The Morgan fingerprint density at radius 3 is 2.38 bits per heavy atom. The number of aliphatic imine (C=N–C) groups is 1. The van der Waals surface area contributed by atoms with E-state index in [2.05, 4.69) is 17.2 Å². The van der Waals surface area contributed by atoms with E-state index in [1.165, 1.54) is 0 Å². The number of nitrogens with zero attached hydrogens (tertiary/aromatic N) is 1. The Morgan fingerprint density at radius 1 is 1.19 bits per heavy atom. The van der Waals surface area contributed by atoms with Crippen molar-refractivity contribution in [2.45, 2.75) is 71.8 Å². The standard InChI is InChI=1S/C15H31N3O2.HI/c1-5-11-17-14(16)18-12-9-7-6-8-10-13(19)20-15(2,3)4;/h5-12H2,1-4H3,(H3,16,17,18);1H. The lowest BCUT2D eigenvalue weighted by Gasteiger charge is -2.19. The van der Waals surface area contributed by atoms with Gasteiger partial charge in [0.2, 0.25) is 0 Å². The van der Waals surface area contributed by atoms with E-state index in [-0.39, 0.29) is 35.5 Å². The molecule has 0 saturated carbocycles. The van der Waals surface area contributed by atoms with E-state index < -0.39 is 0 Å². The number of carbonyl (C=O) groups excluding carboxylic acids is 1. The first-order valence-electron chi connectivity index (χ1n) is 7.61. The van der Waals surface area contributed by atoms with Crippen LogP contribution in [-0.2, 0) is 9.53 Å². The Hall–Kier alpha value is -0.530. The molecule has 21 heavy (non-hydrogen) atoms. The number of hydrogen-bond acceptors (Lipinski definition) is 3. The van der Waals surface area contributed by atoms with Crippen molar-refractivity contribution >= 4 is 35.9 Å². The summed E-state index contributed by atoms with van der Waals surface area (Å²) in [6.45, 7) is 9.35. The van der Waals surface area contributed by atoms with Crippen molar-refractivity contribution < 1.29 is 9.53 Å². The van der Waals surface area contributed by atoms with Gasteiger partial charge in [0.25, 0.3) is 0 Å². The van der Waals surface area contributed by atoms with Crippen LogP contribution in [0, 0.1) is 0 Å². The second-order valence-electron chi connectivity index (χ2n) is 5.94. The van der Waals surface area contributed by atoms with Crippen LogP contribution in [0.25, 0.3) is 0 Å². The first kappa shape index (κ1) is 22.7. The van der Waals surface area contributed by atoms with E-state index in [0.29, 0.717) is 12.4 Å². The molecule has 126 valence electrons. The van der Waals surface area contributed by atoms with Crippen molar-refractivity contribution in [2.24, 2.45) is 10.7 Å². The van der Waals surface area contributed by atoms with Gasteiger partial charge in [-0.3, -0.25) is 9.79 Å². The average molecular weight is 413 g/mol. The number of unbranched alkanes of at least 4 members (excludes halogenated alkanes) is 3. The normalized spacial score (nSPS) is 11.7. The van der Waals surface area contributed by atoms with Gasteiger partial charge >= 0.3 is 5.97 Å². The van der Waals surface area contributed by atoms with Crippen molar-refractivity contribution in [1.82, 2.24) is 5.32 Å². The Morgan fingerprint density at radius 2 is 1.81 bits per heavy atom. The predicted molar refractivity (Wildman–Crippen MR) is 99.1 cm³/mol. The van der Waals surface area contributed by atoms with Crippen LogP contribution in [-0.4, -0.2) is 30.6 Å². The molecule has 0 aliphatic rings. The topological polar surface area (TPSA) is 76.7 Å². The molecule has 0 aromatic heterocycles. The molecule has 0 unspecified atom stereocenters. The fourth-order valence-electron chi connectivity index (χ4n) is 1.65. The number of nitrogens with two attached hydrogens (primary N) is 1. The first-order chi connectivity index (χ1) is 9.35. The fourth-order valence-corrected chi connectivity index (χ4v) is 1.65. The smallest absolute Gasteiger partial charge is 0.306 e. The minimum absolute atomic E-state index is 0. The molecule has 0 rings (SSSR count). The number of ether oxygens (including phenoxy) is 1. The van der Waals surface area contributed by atoms with Gasteiger partial charge in [0.05, 0.1) is 0 Å². The molecule has 0 saturated heterocycles. The largest absolute Gasteiger partial charge is 0.460 e. The minimum Gasteiger partial charge on any atom is -0.460 e. The summed E-state index contributed by atoms with van der Waals surface area (Å²) in [6, 6.07) is 0. The molecule has 0 radical (unpaired) electrons. The third-order valence-corrected chi connectivity index (χ3v) is 2.54. The maximum atomic E-state index is 11.5. The molecule has 0 aliphatic carbocycles. The fraction of sp³-hybridized carbons (Fsp3) is 0.867. The Balaban J connectivity index is 0. The highest BCUT2D eigenvalue weighted by Gasteiger charge is 2.15. The molecule has 0 aliphatic heterocycles. The number of hydrogen-bond donors (Lipinski definition) is 2. The van der Waals surface area contributed by atoms with Gasteiger partial charge < -0.3 is 15.8 Å². The SMILES string of the molecule is CCCN=C(N)NCCCCCCC(=O)OC(C)(C)C.I. The summed E-state index contributed by atoms with van der Waals surface area (Å²) in [5.74, 6) is 0.423. The van der Waals surface area contributed by atoms with Gasteiger partial charge in [-0.2, -0.15) is 0 Å². The Labute approximate surface area is 146 Å². The lowest BCUT2D eigenvalue weighted by molar-refractivity contribution is -0.154. The van der Waals surface area contributed by atoms with Crippen LogP contribution in [0.4, 0.5) is 0 Å². The predicted octanol–water partition coefficient (Wildman–Crippen LogP) is 3.21. The zero-order valence-electron chi connectivity index (χ0n) is 13.9. The van der Waals surface area contributed by atoms with Gasteiger partial charge in [-0.25, -0.2) is 0 Å². The summed E-state index contributed by atoms with van der Waals surface area (Å²) in [6.07, 6.45) is 5.55. The van der Waals surface area contributed by atoms with Crippen LogP contribution in [0.1, 0.15) is 66.2 Å². The van der Waals surface area contributed by atoms with Crippen LogP contribution in [0.2, 0.25) is 0 Å². The van der Waals surface area contributed by atoms with Crippen LogP contribution >= 0.6 is 24.0 Å². The first-order valence-corrected chi connectivity index (χ1v) is 7.61. The number of guanidine groups is 1. The summed E-state index contributed by atoms with van der Waals surface area (Å²) in [4.78, 5) is 15.6. The van der Waals surface area contributed by atoms with Crippen LogP contribution in [0.5, 0.6) is 0 Å². The lowest BCUT2D eigenvalue weighted by atomic mass is 10.1. The van der Waals surface area contributed by atoms with Crippen molar-refractivity contribution in [3.8, 4) is 0 Å². The maximum absolute atomic E-state index is 11.5. The Kier molecular flexibility index (Phi) is 14.2. The van der Waals surface area contributed by atoms with Crippen LogP contribution in [0.15, 0.2) is 4.99 Å². The second kappa shape index (κ2) is 13.2. The zero-order chi connectivity index (χ0) is 15.4. The zero-order valence-corrected chi connectivity index (χ0v) is 16.2. The summed E-state index contributed by atoms with van der Waals surface area (Å²) in [5, 5.41) is 3.08. The number of nitrogens with one attached hydrogen (secondary N) is 1. The molecule has 0 aromatic carbocycles. The summed E-state index contributed by atoms with van der Waals surface area (Å²) >= 11 is 0. The molecule has 0 aromatic rings. The molecule has 0 atom stereocenters. The van der Waals surface area contributed by atoms with Crippen molar-refractivity contribution in [3.05, 3.63) is 0 Å². The van der Waals surface area contributed by atoms with Gasteiger partial charge in [0.15, 0.2) is 5.96 Å². The molecule has 0 bridgehead atoms. The Bertz CT molecular complexity index is 302. The summed E-state index contributed by atoms with van der Waals surface area (Å²) < 4.78 is 5.25. The van der Waals surface area contributed by atoms with Crippen molar-refractivity contribution in [3.63, 3.8) is 0 Å². The van der Waals surface area contributed by atoms with E-state index in [1.807, 2.05) is 20.8 Å². The lowest BCUT2D eigenvalue weighted by Crippen LogP contribution is -2.32. The third-order valence-electron chi connectivity index (χ3n) is 2.54. The maximum Gasteiger partial charge on any atom is 0.306 e. The quantitative estimate of drug-likeness (QED) is 0.200. The molecule has 6 heteroatoms. The van der Waals surface area contributed by atoms with Crippen LogP contribution in [0.3, 0.4) is 0 Å².